The van der Waals surface area contributed by atoms with Gasteiger partial charge in [-0.2, -0.15) is 0 Å². The summed E-state index contributed by atoms with van der Waals surface area (Å²) in [6.07, 6.45) is 3.53. The topological polar surface area (TPSA) is 81.7 Å². The van der Waals surface area contributed by atoms with Gasteiger partial charge in [0, 0.05) is 13.0 Å². The molecule has 3 N–H and O–H groups in total. The van der Waals surface area contributed by atoms with Crippen molar-refractivity contribution < 1.29 is 0 Å². The number of hydrogen-bond acceptors (Lipinski definition) is 6. The molecular formula is C14H18N6S. The molecule has 1 aromatic carbocycles. The summed E-state index contributed by atoms with van der Waals surface area (Å²) in [6, 6.07) is 8.20. The highest BCUT2D eigenvalue weighted by molar-refractivity contribution is 7.05. The minimum absolute atomic E-state index is 0.0163. The summed E-state index contributed by atoms with van der Waals surface area (Å²) in [5.74, 6) is 6.73. The highest BCUT2D eigenvalue weighted by Gasteiger charge is 2.18. The van der Waals surface area contributed by atoms with Crippen LogP contribution in [0.15, 0.2) is 30.5 Å². The van der Waals surface area contributed by atoms with E-state index in [1.165, 1.54) is 17.0 Å². The fourth-order valence-electron chi connectivity index (χ4n) is 2.51. The summed E-state index contributed by atoms with van der Waals surface area (Å²) in [4.78, 5) is 5.78. The Bertz CT molecular complexity index is 705. The van der Waals surface area contributed by atoms with Crippen molar-refractivity contribution in [3.05, 3.63) is 41.2 Å². The van der Waals surface area contributed by atoms with Gasteiger partial charge in [-0.05, 0) is 30.1 Å². The van der Waals surface area contributed by atoms with Gasteiger partial charge in [0.05, 0.1) is 28.1 Å². The zero-order valence-corrected chi connectivity index (χ0v) is 12.7. The minimum atomic E-state index is -0.0163. The number of rotatable bonds is 6. The number of nitrogens with two attached hydrogens (primary N) is 1. The Morgan fingerprint density at radius 2 is 2.24 bits per heavy atom. The molecule has 6 nitrogen and oxygen atoms in total. The van der Waals surface area contributed by atoms with Gasteiger partial charge in [-0.3, -0.25) is 11.3 Å². The highest BCUT2D eigenvalue weighted by atomic mass is 32.1. The molecule has 0 aliphatic rings. The molecule has 1 atom stereocenters. The van der Waals surface area contributed by atoms with Crippen LogP contribution in [0.4, 0.5) is 0 Å². The quantitative estimate of drug-likeness (QED) is 0.538. The van der Waals surface area contributed by atoms with E-state index in [1.807, 2.05) is 18.2 Å². The van der Waals surface area contributed by atoms with Gasteiger partial charge in [-0.25, -0.2) is 4.98 Å². The second-order valence-electron chi connectivity index (χ2n) is 4.91. The van der Waals surface area contributed by atoms with E-state index in [9.17, 15) is 0 Å². The van der Waals surface area contributed by atoms with Gasteiger partial charge in [0.25, 0.3) is 0 Å². The number of hydrogen-bond donors (Lipinski definition) is 2. The summed E-state index contributed by atoms with van der Waals surface area (Å²) in [6.45, 7) is 3.12. The van der Waals surface area contributed by atoms with Gasteiger partial charge < -0.3 is 4.57 Å². The van der Waals surface area contributed by atoms with Crippen LogP contribution in [0.3, 0.4) is 0 Å². The number of para-hydroxylation sites is 2. The monoisotopic (exact) mass is 302 g/mol. The number of imidazole rings is 1. The molecule has 7 heteroatoms. The normalized spacial score (nSPS) is 12.9. The van der Waals surface area contributed by atoms with Crippen LogP contribution in [0.5, 0.6) is 0 Å². The van der Waals surface area contributed by atoms with E-state index in [0.29, 0.717) is 0 Å². The van der Waals surface area contributed by atoms with E-state index in [1.54, 1.807) is 6.20 Å². The first-order valence-corrected chi connectivity index (χ1v) is 7.78. The molecule has 0 fully saturated rings. The molecule has 0 radical (unpaired) electrons. The smallest absolute Gasteiger partial charge is 0.111 e. The van der Waals surface area contributed by atoms with E-state index in [-0.39, 0.29) is 6.04 Å². The maximum Gasteiger partial charge on any atom is 0.111 e. The third kappa shape index (κ3) is 2.80. The molecule has 0 aliphatic heterocycles. The molecule has 1 unspecified atom stereocenters. The predicted molar refractivity (Wildman–Crippen MR) is 83.7 cm³/mol. The van der Waals surface area contributed by atoms with Gasteiger partial charge in [-0.1, -0.05) is 23.5 Å². The summed E-state index contributed by atoms with van der Waals surface area (Å²) < 4.78 is 6.18. The van der Waals surface area contributed by atoms with Crippen molar-refractivity contribution in [2.24, 2.45) is 5.84 Å². The second-order valence-corrected chi connectivity index (χ2v) is 5.73. The van der Waals surface area contributed by atoms with Gasteiger partial charge >= 0.3 is 0 Å². The average molecular weight is 302 g/mol. The Hall–Kier alpha value is -1.83. The number of aryl methyl sites for hydroxylation is 1. The Balaban J connectivity index is 1.97. The number of hydrazine groups is 1. The molecule has 0 bridgehead atoms. The zero-order chi connectivity index (χ0) is 14.7. The van der Waals surface area contributed by atoms with E-state index in [4.69, 9.17) is 10.8 Å². The third-order valence-corrected chi connectivity index (χ3v) is 4.27. The Morgan fingerprint density at radius 1 is 1.38 bits per heavy atom. The number of fused-ring (bicyclic) bond motifs is 1. The number of benzene rings is 1. The summed E-state index contributed by atoms with van der Waals surface area (Å²) in [7, 11) is 0. The van der Waals surface area contributed by atoms with E-state index >= 15 is 0 Å². The predicted octanol–water partition coefficient (Wildman–Crippen LogP) is 2.04. The molecule has 2 heterocycles. The van der Waals surface area contributed by atoms with Crippen LogP contribution in [0.25, 0.3) is 11.0 Å². The maximum atomic E-state index is 5.69. The summed E-state index contributed by atoms with van der Waals surface area (Å²) in [5, 5.41) is 3.88. The van der Waals surface area contributed by atoms with Crippen LogP contribution in [-0.2, 0) is 13.0 Å². The first-order valence-electron chi connectivity index (χ1n) is 7.01. The number of nitrogens with zero attached hydrogens (tertiary/aromatic N) is 4. The summed E-state index contributed by atoms with van der Waals surface area (Å²) in [5.41, 5.74) is 5.04. The molecule has 3 aromatic rings. The van der Waals surface area contributed by atoms with Gasteiger partial charge in [0.1, 0.15) is 5.82 Å². The Labute approximate surface area is 127 Å². The van der Waals surface area contributed by atoms with Crippen molar-refractivity contribution in [1.29, 1.82) is 0 Å². The van der Waals surface area contributed by atoms with Gasteiger partial charge in [0.2, 0.25) is 0 Å². The second kappa shape index (κ2) is 6.30. The van der Waals surface area contributed by atoms with Crippen molar-refractivity contribution in [2.75, 3.05) is 0 Å². The lowest BCUT2D eigenvalue weighted by molar-refractivity contribution is 0.526. The standard InChI is InChI=1S/C14H18N6S/c1-2-7-20-12-6-4-3-5-10(12)17-14(20)8-11(18-15)13-9-16-19-21-13/h3-6,9,11,18H,2,7-8,15H2,1H3. The van der Waals surface area contributed by atoms with Crippen molar-refractivity contribution in [2.45, 2.75) is 32.4 Å². The number of nitrogens with one attached hydrogen (secondary N) is 1. The van der Waals surface area contributed by atoms with Gasteiger partial charge in [-0.15, -0.1) is 5.10 Å². The first kappa shape index (κ1) is 14.1. The lowest BCUT2D eigenvalue weighted by Gasteiger charge is -2.14. The molecular weight excluding hydrogens is 284 g/mol. The average Bonchev–Trinajstić information content (AvgIpc) is 3.14. The van der Waals surface area contributed by atoms with Crippen molar-refractivity contribution >= 4 is 22.6 Å². The molecule has 2 aromatic heterocycles. The SMILES string of the molecule is CCCn1c(CC(NN)c2cnns2)nc2ccccc21. The molecule has 0 amide bonds. The lowest BCUT2D eigenvalue weighted by Crippen LogP contribution is -2.29. The number of aromatic nitrogens is 4. The van der Waals surface area contributed by atoms with Crippen LogP contribution < -0.4 is 11.3 Å². The zero-order valence-electron chi connectivity index (χ0n) is 11.9. The first-order chi connectivity index (χ1) is 10.3. The molecule has 21 heavy (non-hydrogen) atoms. The fourth-order valence-corrected chi connectivity index (χ4v) is 3.07. The lowest BCUT2D eigenvalue weighted by atomic mass is 10.2. The van der Waals surface area contributed by atoms with Crippen LogP contribution in [0, 0.1) is 0 Å². The van der Waals surface area contributed by atoms with Crippen molar-refractivity contribution in [1.82, 2.24) is 24.6 Å². The highest BCUT2D eigenvalue weighted by Crippen LogP contribution is 2.23. The molecule has 110 valence electrons. The van der Waals surface area contributed by atoms with Gasteiger partial charge in [0.15, 0.2) is 0 Å². The van der Waals surface area contributed by atoms with E-state index < -0.39 is 0 Å². The Morgan fingerprint density at radius 3 is 2.95 bits per heavy atom. The molecule has 0 saturated carbocycles. The minimum Gasteiger partial charge on any atom is -0.328 e. The molecule has 3 rings (SSSR count). The van der Waals surface area contributed by atoms with E-state index in [2.05, 4.69) is 32.6 Å². The van der Waals surface area contributed by atoms with Crippen LogP contribution >= 0.6 is 11.5 Å². The van der Waals surface area contributed by atoms with Crippen LogP contribution in [0.1, 0.15) is 30.1 Å². The molecule has 0 spiro atoms. The molecule has 0 aliphatic carbocycles. The fraction of sp³-hybridized carbons (Fsp3) is 0.357. The van der Waals surface area contributed by atoms with Crippen LogP contribution in [-0.4, -0.2) is 19.1 Å². The van der Waals surface area contributed by atoms with Crippen molar-refractivity contribution in [3.63, 3.8) is 0 Å². The third-order valence-electron chi connectivity index (χ3n) is 3.49. The summed E-state index contributed by atoms with van der Waals surface area (Å²) >= 11 is 1.36. The van der Waals surface area contributed by atoms with E-state index in [0.717, 1.165) is 35.6 Å². The maximum absolute atomic E-state index is 5.69. The van der Waals surface area contributed by atoms with Crippen LogP contribution in [0.2, 0.25) is 0 Å². The largest absolute Gasteiger partial charge is 0.328 e. The Kier molecular flexibility index (Phi) is 4.23. The van der Waals surface area contributed by atoms with Crippen molar-refractivity contribution in [3.8, 4) is 0 Å². The molecule has 0 saturated heterocycles.